The molecule has 0 spiro atoms. The van der Waals surface area contributed by atoms with Gasteiger partial charge in [-0.25, -0.2) is 0 Å². The van der Waals surface area contributed by atoms with Crippen LogP contribution in [0.2, 0.25) is 0 Å². The molecule has 2 aliphatic rings. The molecular formula is C83H143NO13. The Bertz CT molecular complexity index is 2100. The van der Waals surface area contributed by atoms with E-state index in [-0.39, 0.29) is 12.5 Å². The van der Waals surface area contributed by atoms with Gasteiger partial charge < -0.3 is 65.1 Å². The van der Waals surface area contributed by atoms with Crippen LogP contribution in [-0.2, 0) is 23.7 Å². The number of carbonyl (C=O) groups excluding carboxylic acids is 1. The summed E-state index contributed by atoms with van der Waals surface area (Å²) in [5, 5.41) is 87.8. The summed E-state index contributed by atoms with van der Waals surface area (Å²) in [7, 11) is 0. The first kappa shape index (κ1) is 89.5. The van der Waals surface area contributed by atoms with Crippen LogP contribution in [0.15, 0.2) is 122 Å². The molecule has 9 N–H and O–H groups in total. The van der Waals surface area contributed by atoms with Gasteiger partial charge in [0.1, 0.15) is 48.8 Å². The van der Waals surface area contributed by atoms with E-state index in [1.54, 1.807) is 0 Å². The van der Waals surface area contributed by atoms with Crippen LogP contribution >= 0.6 is 0 Å². The Morgan fingerprint density at radius 3 is 1.09 bits per heavy atom. The Balaban J connectivity index is 1.61. The second-order valence-electron chi connectivity index (χ2n) is 27.1. The first-order valence-corrected chi connectivity index (χ1v) is 39.3. The number of carbonyl (C=O) groups is 1. The van der Waals surface area contributed by atoms with E-state index in [4.69, 9.17) is 18.9 Å². The van der Waals surface area contributed by atoms with E-state index in [0.717, 1.165) is 116 Å². The smallest absolute Gasteiger partial charge is 0.220 e. The van der Waals surface area contributed by atoms with Gasteiger partial charge in [0.15, 0.2) is 12.6 Å². The predicted octanol–water partition coefficient (Wildman–Crippen LogP) is 17.6. The Morgan fingerprint density at radius 1 is 0.381 bits per heavy atom. The Hall–Kier alpha value is -3.61. The lowest BCUT2D eigenvalue weighted by Gasteiger charge is -2.46. The summed E-state index contributed by atoms with van der Waals surface area (Å²) in [5.41, 5.74) is 0. The fourth-order valence-corrected chi connectivity index (χ4v) is 12.3. The summed E-state index contributed by atoms with van der Waals surface area (Å²) in [6.45, 7) is 2.77. The molecule has 2 heterocycles. The van der Waals surface area contributed by atoms with E-state index in [2.05, 4.69) is 141 Å². The minimum atomic E-state index is -1.79. The lowest BCUT2D eigenvalue weighted by atomic mass is 9.97. The van der Waals surface area contributed by atoms with Crippen molar-refractivity contribution in [3.8, 4) is 0 Å². The summed E-state index contributed by atoms with van der Waals surface area (Å²) >= 11 is 0. The zero-order valence-electron chi connectivity index (χ0n) is 61.0. The van der Waals surface area contributed by atoms with E-state index < -0.39 is 86.8 Å². The summed E-state index contributed by atoms with van der Waals surface area (Å²) in [6, 6.07) is -0.840. The van der Waals surface area contributed by atoms with Crippen molar-refractivity contribution >= 4 is 5.91 Å². The average Bonchev–Trinajstić information content (AvgIpc) is 0.794. The van der Waals surface area contributed by atoms with E-state index in [1.165, 1.54) is 154 Å². The number of allylic oxidation sites excluding steroid dienone is 20. The number of aliphatic hydroxyl groups is 8. The molecule has 2 aliphatic heterocycles. The molecule has 0 aromatic rings. The molecule has 2 rings (SSSR count). The van der Waals surface area contributed by atoms with Gasteiger partial charge in [0.2, 0.25) is 5.91 Å². The van der Waals surface area contributed by atoms with Gasteiger partial charge in [-0.3, -0.25) is 4.79 Å². The van der Waals surface area contributed by atoms with Crippen molar-refractivity contribution in [2.45, 2.75) is 376 Å². The second-order valence-corrected chi connectivity index (χ2v) is 27.1. The van der Waals surface area contributed by atoms with Crippen molar-refractivity contribution in [2.75, 3.05) is 19.8 Å². The monoisotopic (exact) mass is 1360 g/mol. The molecule has 1 amide bonds. The molecule has 14 nitrogen and oxygen atoms in total. The lowest BCUT2D eigenvalue weighted by Crippen LogP contribution is -2.65. The second kappa shape index (κ2) is 65.7. The van der Waals surface area contributed by atoms with Gasteiger partial charge in [0, 0.05) is 6.42 Å². The maximum Gasteiger partial charge on any atom is 0.220 e. The molecule has 0 aromatic carbocycles. The van der Waals surface area contributed by atoms with Crippen LogP contribution in [0.25, 0.3) is 0 Å². The molecule has 12 unspecified atom stereocenters. The van der Waals surface area contributed by atoms with E-state index in [1.807, 2.05) is 0 Å². The number of nitrogens with one attached hydrogen (secondary N) is 1. The molecule has 0 aliphatic carbocycles. The van der Waals surface area contributed by atoms with Gasteiger partial charge in [0.05, 0.1) is 32.0 Å². The Labute approximate surface area is 590 Å². The van der Waals surface area contributed by atoms with Gasteiger partial charge >= 0.3 is 0 Å². The van der Waals surface area contributed by atoms with Gasteiger partial charge in [-0.15, -0.1) is 0 Å². The number of rotatable bonds is 64. The highest BCUT2D eigenvalue weighted by Gasteiger charge is 2.51. The van der Waals surface area contributed by atoms with Crippen LogP contribution in [0.3, 0.4) is 0 Å². The third-order valence-corrected chi connectivity index (χ3v) is 18.4. The van der Waals surface area contributed by atoms with Crippen molar-refractivity contribution in [1.82, 2.24) is 5.32 Å². The van der Waals surface area contributed by atoms with Crippen LogP contribution in [0, 0.1) is 0 Å². The van der Waals surface area contributed by atoms with E-state index in [0.29, 0.717) is 19.3 Å². The Morgan fingerprint density at radius 2 is 0.711 bits per heavy atom. The fourth-order valence-electron chi connectivity index (χ4n) is 12.3. The zero-order valence-corrected chi connectivity index (χ0v) is 61.0. The number of unbranched alkanes of at least 4 members (excludes halogenated alkanes) is 31. The molecule has 2 fully saturated rings. The van der Waals surface area contributed by atoms with E-state index >= 15 is 0 Å². The summed E-state index contributed by atoms with van der Waals surface area (Å²) < 4.78 is 23.0. The van der Waals surface area contributed by atoms with Crippen molar-refractivity contribution in [2.24, 2.45) is 0 Å². The summed E-state index contributed by atoms with van der Waals surface area (Å²) in [5.74, 6) is -0.212. The summed E-state index contributed by atoms with van der Waals surface area (Å²) in [4.78, 5) is 13.4. The highest BCUT2D eigenvalue weighted by Crippen LogP contribution is 2.30. The molecule has 12 atom stereocenters. The van der Waals surface area contributed by atoms with Crippen molar-refractivity contribution in [3.63, 3.8) is 0 Å². The average molecular weight is 1360 g/mol. The molecule has 97 heavy (non-hydrogen) atoms. The number of aliphatic hydroxyl groups excluding tert-OH is 8. The van der Waals surface area contributed by atoms with Crippen molar-refractivity contribution in [3.05, 3.63) is 122 Å². The fraction of sp³-hybridized carbons (Fsp3) is 0.747. The quantitative estimate of drug-likeness (QED) is 0.0204. The lowest BCUT2D eigenvalue weighted by molar-refractivity contribution is -0.359. The van der Waals surface area contributed by atoms with Crippen LogP contribution in [0.1, 0.15) is 303 Å². The minimum Gasteiger partial charge on any atom is -0.394 e. The first-order valence-electron chi connectivity index (χ1n) is 39.3. The highest BCUT2D eigenvalue weighted by atomic mass is 16.7. The number of amides is 1. The van der Waals surface area contributed by atoms with Crippen LogP contribution in [0.5, 0.6) is 0 Å². The number of hydrogen-bond acceptors (Lipinski definition) is 13. The van der Waals surface area contributed by atoms with Crippen LogP contribution in [-0.4, -0.2) is 140 Å². The van der Waals surface area contributed by atoms with Crippen molar-refractivity contribution < 1.29 is 64.6 Å². The largest absolute Gasteiger partial charge is 0.394 e. The predicted molar refractivity (Wildman–Crippen MR) is 401 cm³/mol. The Kier molecular flexibility index (Phi) is 60.6. The third kappa shape index (κ3) is 48.8. The van der Waals surface area contributed by atoms with Crippen LogP contribution in [0.4, 0.5) is 0 Å². The normalized spacial score (nSPS) is 22.8. The molecule has 0 bridgehead atoms. The maximum atomic E-state index is 13.4. The van der Waals surface area contributed by atoms with Crippen molar-refractivity contribution in [1.29, 1.82) is 0 Å². The third-order valence-electron chi connectivity index (χ3n) is 18.4. The van der Waals surface area contributed by atoms with E-state index in [9.17, 15) is 45.6 Å². The van der Waals surface area contributed by atoms with Crippen LogP contribution < -0.4 is 5.32 Å². The minimum absolute atomic E-state index is 0.212. The zero-order chi connectivity index (χ0) is 70.1. The van der Waals surface area contributed by atoms with Gasteiger partial charge in [0.25, 0.3) is 0 Å². The molecule has 2 saturated heterocycles. The molecule has 0 radical (unpaired) electrons. The van der Waals surface area contributed by atoms with Gasteiger partial charge in [-0.1, -0.05) is 328 Å². The van der Waals surface area contributed by atoms with Gasteiger partial charge in [-0.05, 0) is 89.9 Å². The summed E-state index contributed by atoms with van der Waals surface area (Å²) in [6.07, 6.45) is 79.3. The SMILES string of the molecule is CC/C=C\C/C=C\C/C=C\C/C=C\C/C=C\C/C=C\C/C=C\C/C=C\C/C=C\C/C=C\CCCCCCCCCCCCC(=O)NC(COC1OC(CO)C(OC2OC(CO)C(O)C(O)C2O)C(O)C1O)C(O)CCCCCCCCCCCCCCCCCCCCCCCC. The standard InChI is InChI=1S/C83H143NO13/c1-3-5-7-9-11-13-15-17-19-21-23-25-27-28-29-30-31-32-33-34-35-36-37-38-39-40-41-42-43-44-45-47-49-51-53-55-57-59-61-63-65-67-75(88)84-71(70-94-82-80(93)78(91)81(74(69-86)96-82)97-83-79(92)77(90)76(89)73(68-85)95-83)72(87)66-64-62-60-58-56-54-52-50-48-46-26-24-22-20-18-16-14-12-10-8-6-4-2/h5,7,11,13,17,19,23,25,28-29,31-32,34-35,37-38,40-41,43-44,71-74,76-83,85-87,89-93H,3-4,6,8-10,12,14-16,18,20-22,24,26-27,30,33,36,39,42,45-70H2,1-2H3,(H,84,88)/b7-5-,13-11-,19-17-,25-23-,29-28-,32-31-,35-34-,38-37-,41-40-,44-43-. The first-order chi connectivity index (χ1) is 47.6. The topological polar surface area (TPSA) is 228 Å². The number of hydrogen-bond donors (Lipinski definition) is 9. The molecule has 0 saturated carbocycles. The molecule has 14 heteroatoms. The van der Waals surface area contributed by atoms with Gasteiger partial charge in [-0.2, -0.15) is 0 Å². The number of ether oxygens (including phenoxy) is 4. The molecule has 558 valence electrons. The molecule has 0 aromatic heterocycles. The molecular weight excluding hydrogens is 1220 g/mol. The maximum absolute atomic E-state index is 13.4. The highest BCUT2D eigenvalue weighted by molar-refractivity contribution is 5.76.